The summed E-state index contributed by atoms with van der Waals surface area (Å²) in [4.78, 5) is 20.5. The highest BCUT2D eigenvalue weighted by Gasteiger charge is 2.15. The lowest BCUT2D eigenvalue weighted by molar-refractivity contribution is 0.0527. The Morgan fingerprint density at radius 3 is 2.71 bits per heavy atom. The summed E-state index contributed by atoms with van der Waals surface area (Å²) in [5, 5.41) is 2.06. The molecule has 4 nitrogen and oxygen atoms in total. The van der Waals surface area contributed by atoms with Gasteiger partial charge in [-0.2, -0.15) is 0 Å². The molecule has 0 spiro atoms. The summed E-state index contributed by atoms with van der Waals surface area (Å²) >= 11 is 0. The zero-order chi connectivity index (χ0) is 14.7. The van der Waals surface area contributed by atoms with Gasteiger partial charge in [0.2, 0.25) is 0 Å². The van der Waals surface area contributed by atoms with Crippen LogP contribution < -0.4 is 0 Å². The van der Waals surface area contributed by atoms with Crippen LogP contribution in [0.5, 0.6) is 0 Å². The van der Waals surface area contributed by atoms with Gasteiger partial charge in [-0.3, -0.25) is 9.97 Å². The summed E-state index contributed by atoms with van der Waals surface area (Å²) in [5.41, 5.74) is 2.12. The molecule has 3 rings (SSSR count). The number of benzene rings is 1. The topological polar surface area (TPSA) is 52.1 Å². The number of aromatic nitrogens is 2. The average Bonchev–Trinajstić information content (AvgIpc) is 2.54. The van der Waals surface area contributed by atoms with Gasteiger partial charge >= 0.3 is 5.97 Å². The van der Waals surface area contributed by atoms with Gasteiger partial charge in [-0.15, -0.1) is 0 Å². The lowest BCUT2D eigenvalue weighted by atomic mass is 9.98. The van der Waals surface area contributed by atoms with Gasteiger partial charge in [0.15, 0.2) is 0 Å². The molecule has 0 saturated heterocycles. The minimum Gasteiger partial charge on any atom is -0.462 e. The van der Waals surface area contributed by atoms with E-state index in [1.807, 2.05) is 24.3 Å². The van der Waals surface area contributed by atoms with Gasteiger partial charge in [-0.1, -0.05) is 24.3 Å². The monoisotopic (exact) mass is 278 g/mol. The number of fused-ring (bicyclic) bond motifs is 1. The Bertz CT molecular complexity index is 794. The third kappa shape index (κ3) is 2.48. The number of ether oxygens (including phenoxy) is 1. The number of nitrogens with zero attached hydrogens (tertiary/aromatic N) is 2. The van der Waals surface area contributed by atoms with E-state index < -0.39 is 0 Å². The zero-order valence-electron chi connectivity index (χ0n) is 11.6. The molecule has 4 heteroatoms. The average molecular weight is 278 g/mol. The Labute approximate surface area is 122 Å². The first-order valence-corrected chi connectivity index (χ1v) is 6.75. The summed E-state index contributed by atoms with van der Waals surface area (Å²) < 4.78 is 5.12. The number of esters is 1. The molecule has 0 aliphatic heterocycles. The maximum atomic E-state index is 12.1. The van der Waals surface area contributed by atoms with Crippen molar-refractivity contribution in [2.45, 2.75) is 6.92 Å². The van der Waals surface area contributed by atoms with Gasteiger partial charge in [0.25, 0.3) is 0 Å². The second-order valence-corrected chi connectivity index (χ2v) is 4.55. The molecule has 2 aromatic heterocycles. The number of carbonyl (C=O) groups is 1. The maximum Gasteiger partial charge on any atom is 0.338 e. The molecule has 0 aliphatic rings. The van der Waals surface area contributed by atoms with Crippen molar-refractivity contribution in [3.05, 3.63) is 60.7 Å². The van der Waals surface area contributed by atoms with Crippen LogP contribution >= 0.6 is 0 Å². The van der Waals surface area contributed by atoms with Crippen LogP contribution in [0.15, 0.2) is 55.1 Å². The van der Waals surface area contributed by atoms with E-state index in [-0.39, 0.29) is 5.97 Å². The molecule has 21 heavy (non-hydrogen) atoms. The highest BCUT2D eigenvalue weighted by Crippen LogP contribution is 2.29. The molecular formula is C17H14N2O2. The van der Waals surface area contributed by atoms with E-state index in [0.717, 1.165) is 21.9 Å². The molecule has 0 bridgehead atoms. The largest absolute Gasteiger partial charge is 0.462 e. The molecule has 104 valence electrons. The fourth-order valence-electron chi connectivity index (χ4n) is 2.33. The number of pyridine rings is 2. The SMILES string of the molecule is CCOC(=O)c1ccncc1-c1cncc2ccccc12. The van der Waals surface area contributed by atoms with E-state index in [2.05, 4.69) is 9.97 Å². The predicted octanol–water partition coefficient (Wildman–Crippen LogP) is 3.47. The lowest BCUT2D eigenvalue weighted by Gasteiger charge is -2.10. The summed E-state index contributed by atoms with van der Waals surface area (Å²) in [7, 11) is 0. The lowest BCUT2D eigenvalue weighted by Crippen LogP contribution is -2.07. The fourth-order valence-corrected chi connectivity index (χ4v) is 2.33. The Balaban J connectivity index is 2.22. The fraction of sp³-hybridized carbons (Fsp3) is 0.118. The standard InChI is InChI=1S/C17H14N2O2/c1-2-21-17(20)14-7-8-18-10-16(14)15-11-19-9-12-5-3-4-6-13(12)15/h3-11H,2H2,1H3. The van der Waals surface area contributed by atoms with Gasteiger partial charge in [0.1, 0.15) is 0 Å². The van der Waals surface area contributed by atoms with Crippen molar-refractivity contribution in [3.8, 4) is 11.1 Å². The Hall–Kier alpha value is -2.75. The molecule has 0 saturated carbocycles. The van der Waals surface area contributed by atoms with Gasteiger partial charge in [0, 0.05) is 41.3 Å². The van der Waals surface area contributed by atoms with Crippen molar-refractivity contribution in [2.24, 2.45) is 0 Å². The van der Waals surface area contributed by atoms with Crippen molar-refractivity contribution >= 4 is 16.7 Å². The third-order valence-corrected chi connectivity index (χ3v) is 3.27. The molecule has 0 N–H and O–H groups in total. The summed E-state index contributed by atoms with van der Waals surface area (Å²) in [6, 6.07) is 9.60. The molecule has 1 aromatic carbocycles. The van der Waals surface area contributed by atoms with Gasteiger partial charge in [-0.25, -0.2) is 4.79 Å². The minimum atomic E-state index is -0.345. The maximum absolute atomic E-state index is 12.1. The summed E-state index contributed by atoms with van der Waals surface area (Å²) in [6.07, 6.45) is 6.82. The van der Waals surface area contributed by atoms with Crippen LogP contribution in [0.4, 0.5) is 0 Å². The van der Waals surface area contributed by atoms with Gasteiger partial charge in [0.05, 0.1) is 12.2 Å². The molecule has 0 unspecified atom stereocenters. The van der Waals surface area contributed by atoms with E-state index in [1.165, 1.54) is 0 Å². The highest BCUT2D eigenvalue weighted by molar-refractivity contribution is 6.03. The number of rotatable bonds is 3. The zero-order valence-corrected chi connectivity index (χ0v) is 11.6. The van der Waals surface area contributed by atoms with Crippen molar-refractivity contribution in [2.75, 3.05) is 6.61 Å². The van der Waals surface area contributed by atoms with Gasteiger partial charge in [-0.05, 0) is 18.4 Å². The molecule has 0 fully saturated rings. The van der Waals surface area contributed by atoms with Gasteiger partial charge < -0.3 is 4.74 Å². The molecule has 0 amide bonds. The predicted molar refractivity (Wildman–Crippen MR) is 80.9 cm³/mol. The number of carbonyl (C=O) groups excluding carboxylic acids is 1. The van der Waals surface area contributed by atoms with Crippen LogP contribution in [0.1, 0.15) is 17.3 Å². The van der Waals surface area contributed by atoms with Crippen LogP contribution in [-0.4, -0.2) is 22.5 Å². The minimum absolute atomic E-state index is 0.342. The van der Waals surface area contributed by atoms with Crippen molar-refractivity contribution in [1.82, 2.24) is 9.97 Å². The van der Waals surface area contributed by atoms with Crippen molar-refractivity contribution in [3.63, 3.8) is 0 Å². The van der Waals surface area contributed by atoms with E-state index >= 15 is 0 Å². The second kappa shape index (κ2) is 5.71. The quantitative estimate of drug-likeness (QED) is 0.688. The van der Waals surface area contributed by atoms with Crippen molar-refractivity contribution in [1.29, 1.82) is 0 Å². The molecule has 2 heterocycles. The van der Waals surface area contributed by atoms with Crippen LogP contribution in [0.2, 0.25) is 0 Å². The van der Waals surface area contributed by atoms with E-state index in [9.17, 15) is 4.79 Å². The Morgan fingerprint density at radius 1 is 1.05 bits per heavy atom. The first kappa shape index (κ1) is 13.2. The molecular weight excluding hydrogens is 264 g/mol. The third-order valence-electron chi connectivity index (χ3n) is 3.27. The smallest absolute Gasteiger partial charge is 0.338 e. The summed E-state index contributed by atoms with van der Waals surface area (Å²) in [6.45, 7) is 2.13. The summed E-state index contributed by atoms with van der Waals surface area (Å²) in [5.74, 6) is -0.345. The van der Waals surface area contributed by atoms with Crippen LogP contribution in [-0.2, 0) is 4.74 Å². The number of hydrogen-bond donors (Lipinski definition) is 0. The van der Waals surface area contributed by atoms with Crippen molar-refractivity contribution < 1.29 is 9.53 Å². The molecule has 0 radical (unpaired) electrons. The van der Waals surface area contributed by atoms with Crippen LogP contribution in [0.25, 0.3) is 21.9 Å². The van der Waals surface area contributed by atoms with Crippen LogP contribution in [0.3, 0.4) is 0 Å². The Kier molecular flexibility index (Phi) is 3.60. The first-order chi connectivity index (χ1) is 10.3. The van der Waals surface area contributed by atoms with E-state index in [4.69, 9.17) is 4.74 Å². The van der Waals surface area contributed by atoms with Crippen LogP contribution in [0, 0.1) is 0 Å². The normalized spacial score (nSPS) is 10.5. The second-order valence-electron chi connectivity index (χ2n) is 4.55. The first-order valence-electron chi connectivity index (χ1n) is 6.75. The Morgan fingerprint density at radius 2 is 1.86 bits per heavy atom. The number of hydrogen-bond acceptors (Lipinski definition) is 4. The highest BCUT2D eigenvalue weighted by atomic mass is 16.5. The molecule has 0 atom stereocenters. The van der Waals surface area contributed by atoms with E-state index in [1.54, 1.807) is 37.8 Å². The molecule has 0 aliphatic carbocycles. The van der Waals surface area contributed by atoms with E-state index in [0.29, 0.717) is 12.2 Å². The molecule has 3 aromatic rings.